The lowest BCUT2D eigenvalue weighted by atomic mass is 9.71. The number of nitrogens with zero attached hydrogens (tertiary/aromatic N) is 3. The number of aliphatic carboxylic acids is 1. The van der Waals surface area contributed by atoms with E-state index in [0.717, 1.165) is 41.6 Å². The number of amides is 1. The van der Waals surface area contributed by atoms with Crippen molar-refractivity contribution < 1.29 is 23.5 Å². The van der Waals surface area contributed by atoms with Crippen LogP contribution >= 0.6 is 0 Å². The van der Waals surface area contributed by atoms with Crippen LogP contribution in [0.25, 0.3) is 11.0 Å². The van der Waals surface area contributed by atoms with Crippen LogP contribution in [-0.2, 0) is 29.1 Å². The highest BCUT2D eigenvalue weighted by Crippen LogP contribution is 2.40. The van der Waals surface area contributed by atoms with E-state index in [1.165, 1.54) is 17.7 Å². The number of carboxylic acids is 1. The number of pyridine rings is 1. The van der Waals surface area contributed by atoms with Crippen molar-refractivity contribution in [3.63, 3.8) is 0 Å². The smallest absolute Gasteiger partial charge is 0.309 e. The number of alkyl halides is 2. The SMILES string of the molecule is C[C@]1(C(=O)O)CC[C@@H](CC(=O)N2CCc3c(n(Cc4cccc(C(F)F)c4)c4ncccc34)C2)CC1. The molecule has 1 aromatic carbocycles. The van der Waals surface area contributed by atoms with E-state index < -0.39 is 17.8 Å². The zero-order chi connectivity index (χ0) is 25.4. The first-order valence-corrected chi connectivity index (χ1v) is 12.6. The van der Waals surface area contributed by atoms with Gasteiger partial charge in [-0.3, -0.25) is 9.59 Å². The van der Waals surface area contributed by atoms with Gasteiger partial charge in [-0.25, -0.2) is 13.8 Å². The first-order valence-electron chi connectivity index (χ1n) is 12.6. The maximum absolute atomic E-state index is 13.3. The van der Waals surface area contributed by atoms with Gasteiger partial charge in [0.05, 0.1) is 12.0 Å². The lowest BCUT2D eigenvalue weighted by Crippen LogP contribution is -2.39. The molecule has 36 heavy (non-hydrogen) atoms. The van der Waals surface area contributed by atoms with Crippen molar-refractivity contribution in [2.24, 2.45) is 11.3 Å². The third-order valence-electron chi connectivity index (χ3n) is 8.10. The van der Waals surface area contributed by atoms with Gasteiger partial charge in [-0.2, -0.15) is 0 Å². The second kappa shape index (κ2) is 9.64. The Hall–Kier alpha value is -3.29. The van der Waals surface area contributed by atoms with Crippen molar-refractivity contribution in [3.8, 4) is 0 Å². The van der Waals surface area contributed by atoms with Crippen LogP contribution in [-0.4, -0.2) is 38.0 Å². The first kappa shape index (κ1) is 24.4. The molecule has 1 N–H and O–H groups in total. The van der Waals surface area contributed by atoms with Gasteiger partial charge in [-0.15, -0.1) is 0 Å². The third-order valence-corrected chi connectivity index (χ3v) is 8.10. The standard InChI is InChI=1S/C28H31F2N3O3/c1-28(27(35)36)10-7-18(8-11-28)15-24(34)32-13-9-21-22-6-3-12-31-26(22)33(23(21)17-32)16-19-4-2-5-20(14-19)25(29)30/h2-6,12,14,18,25H,7-11,13,15-17H2,1H3,(H,35,36)/t18-,28+. The molecule has 2 aromatic heterocycles. The summed E-state index contributed by atoms with van der Waals surface area (Å²) in [4.78, 5) is 31.3. The number of halogens is 2. The predicted octanol–water partition coefficient (Wildman–Crippen LogP) is 5.58. The number of benzene rings is 1. The van der Waals surface area contributed by atoms with Crippen molar-refractivity contribution in [2.75, 3.05) is 6.54 Å². The Balaban J connectivity index is 1.36. The molecule has 1 fully saturated rings. The molecule has 0 radical (unpaired) electrons. The summed E-state index contributed by atoms with van der Waals surface area (Å²) in [5.41, 5.74) is 3.06. The zero-order valence-corrected chi connectivity index (χ0v) is 20.4. The summed E-state index contributed by atoms with van der Waals surface area (Å²) < 4.78 is 28.6. The molecule has 3 aromatic rings. The first-order chi connectivity index (χ1) is 17.2. The lowest BCUT2D eigenvalue weighted by molar-refractivity contribution is -0.150. The van der Waals surface area contributed by atoms with E-state index in [-0.39, 0.29) is 17.4 Å². The minimum absolute atomic E-state index is 0.00549. The van der Waals surface area contributed by atoms with Crippen molar-refractivity contribution in [2.45, 2.75) is 65.0 Å². The van der Waals surface area contributed by atoms with Gasteiger partial charge in [-0.05, 0) is 74.3 Å². The number of aromatic nitrogens is 2. The van der Waals surface area contributed by atoms with E-state index >= 15 is 0 Å². The van der Waals surface area contributed by atoms with Gasteiger partial charge in [0.25, 0.3) is 6.43 Å². The number of fused-ring (bicyclic) bond motifs is 3. The van der Waals surface area contributed by atoms with Crippen LogP contribution in [0.5, 0.6) is 0 Å². The fourth-order valence-corrected chi connectivity index (χ4v) is 5.76. The molecule has 1 aliphatic heterocycles. The molecule has 0 saturated heterocycles. The maximum atomic E-state index is 13.3. The summed E-state index contributed by atoms with van der Waals surface area (Å²) in [5, 5.41) is 10.5. The normalized spacial score (nSPS) is 22.1. The molecule has 8 heteroatoms. The van der Waals surface area contributed by atoms with Crippen LogP contribution in [0.4, 0.5) is 8.78 Å². The Bertz CT molecular complexity index is 1290. The van der Waals surface area contributed by atoms with Gasteiger partial charge in [0.1, 0.15) is 5.65 Å². The van der Waals surface area contributed by atoms with Crippen LogP contribution in [0, 0.1) is 11.3 Å². The summed E-state index contributed by atoms with van der Waals surface area (Å²) in [6, 6.07) is 10.4. The van der Waals surface area contributed by atoms with Crippen LogP contribution in [0.1, 0.15) is 67.8 Å². The largest absolute Gasteiger partial charge is 0.481 e. The van der Waals surface area contributed by atoms with Gasteiger partial charge in [0.2, 0.25) is 5.91 Å². The highest BCUT2D eigenvalue weighted by molar-refractivity contribution is 5.84. The van der Waals surface area contributed by atoms with E-state index in [0.29, 0.717) is 38.9 Å². The summed E-state index contributed by atoms with van der Waals surface area (Å²) in [5.74, 6) is -0.457. The van der Waals surface area contributed by atoms with Gasteiger partial charge in [0.15, 0.2) is 0 Å². The molecule has 1 saturated carbocycles. The van der Waals surface area contributed by atoms with Crippen LogP contribution < -0.4 is 0 Å². The number of hydrogen-bond donors (Lipinski definition) is 1. The fourth-order valence-electron chi connectivity index (χ4n) is 5.76. The fraction of sp³-hybridized carbons (Fsp3) is 0.464. The number of carbonyl (C=O) groups is 2. The van der Waals surface area contributed by atoms with Crippen LogP contribution in [0.3, 0.4) is 0 Å². The quantitative estimate of drug-likeness (QED) is 0.485. The molecule has 0 bridgehead atoms. The summed E-state index contributed by atoms with van der Waals surface area (Å²) in [7, 11) is 0. The van der Waals surface area contributed by atoms with E-state index in [9.17, 15) is 23.5 Å². The molecule has 1 amide bonds. The second-order valence-corrected chi connectivity index (χ2v) is 10.5. The maximum Gasteiger partial charge on any atom is 0.309 e. The Labute approximate surface area is 208 Å². The summed E-state index contributed by atoms with van der Waals surface area (Å²) in [6.45, 7) is 3.28. The Morgan fingerprint density at radius 2 is 1.97 bits per heavy atom. The third kappa shape index (κ3) is 4.61. The van der Waals surface area contributed by atoms with Gasteiger partial charge in [0, 0.05) is 42.4 Å². The lowest BCUT2D eigenvalue weighted by Gasteiger charge is -2.35. The average molecular weight is 496 g/mol. The molecule has 0 atom stereocenters. The van der Waals surface area contributed by atoms with E-state index in [2.05, 4.69) is 9.55 Å². The molecule has 190 valence electrons. The molecule has 5 rings (SSSR count). The molecular weight excluding hydrogens is 464 g/mol. The number of rotatable bonds is 6. The van der Waals surface area contributed by atoms with E-state index in [1.807, 2.05) is 23.1 Å². The Morgan fingerprint density at radius 3 is 2.69 bits per heavy atom. The van der Waals surface area contributed by atoms with Gasteiger partial charge < -0.3 is 14.6 Å². The van der Waals surface area contributed by atoms with Crippen LogP contribution in [0.15, 0.2) is 42.6 Å². The number of carboxylic acid groups (broad SMARTS) is 1. The van der Waals surface area contributed by atoms with E-state index in [1.54, 1.807) is 19.2 Å². The molecular formula is C28H31F2N3O3. The minimum Gasteiger partial charge on any atom is -0.481 e. The van der Waals surface area contributed by atoms with E-state index in [4.69, 9.17) is 0 Å². The molecule has 0 spiro atoms. The molecule has 2 aliphatic rings. The Morgan fingerprint density at radius 1 is 1.19 bits per heavy atom. The second-order valence-electron chi connectivity index (χ2n) is 10.5. The van der Waals surface area contributed by atoms with Crippen molar-refractivity contribution >= 4 is 22.9 Å². The molecule has 0 unspecified atom stereocenters. The topological polar surface area (TPSA) is 75.4 Å². The molecule has 3 heterocycles. The summed E-state index contributed by atoms with van der Waals surface area (Å²) >= 11 is 0. The van der Waals surface area contributed by atoms with Crippen molar-refractivity contribution in [3.05, 3.63) is 65.0 Å². The highest BCUT2D eigenvalue weighted by Gasteiger charge is 2.38. The number of carbonyl (C=O) groups excluding carboxylic acids is 1. The predicted molar refractivity (Wildman–Crippen MR) is 132 cm³/mol. The van der Waals surface area contributed by atoms with Crippen molar-refractivity contribution in [1.29, 1.82) is 0 Å². The monoisotopic (exact) mass is 495 g/mol. The van der Waals surface area contributed by atoms with Gasteiger partial charge in [-0.1, -0.05) is 18.2 Å². The average Bonchev–Trinajstić information content (AvgIpc) is 3.18. The minimum atomic E-state index is -2.53. The molecule has 6 nitrogen and oxygen atoms in total. The van der Waals surface area contributed by atoms with Crippen LogP contribution in [0.2, 0.25) is 0 Å². The molecule has 1 aliphatic carbocycles. The summed E-state index contributed by atoms with van der Waals surface area (Å²) in [6.07, 6.45) is 3.05. The van der Waals surface area contributed by atoms with Gasteiger partial charge >= 0.3 is 5.97 Å². The number of hydrogen-bond acceptors (Lipinski definition) is 3. The zero-order valence-electron chi connectivity index (χ0n) is 20.4. The highest BCUT2D eigenvalue weighted by atomic mass is 19.3. The Kier molecular flexibility index (Phi) is 6.53. The van der Waals surface area contributed by atoms with Crippen molar-refractivity contribution in [1.82, 2.24) is 14.5 Å².